The highest BCUT2D eigenvalue weighted by molar-refractivity contribution is 6.31. The highest BCUT2D eigenvalue weighted by Gasteiger charge is 2.33. The molecule has 2 unspecified atom stereocenters. The van der Waals surface area contributed by atoms with Gasteiger partial charge in [-0.1, -0.05) is 12.2 Å². The number of hydrogen-bond acceptors (Lipinski definition) is 2. The fourth-order valence-corrected chi connectivity index (χ4v) is 1.43. The van der Waals surface area contributed by atoms with Crippen molar-refractivity contribution in [3.8, 4) is 0 Å². The summed E-state index contributed by atoms with van der Waals surface area (Å²) in [6.07, 6.45) is 6.90. The second kappa shape index (κ2) is 2.17. The summed E-state index contributed by atoms with van der Waals surface area (Å²) in [5, 5.41) is 9.32. The first-order chi connectivity index (χ1) is 4.88. The van der Waals surface area contributed by atoms with E-state index in [2.05, 4.69) is 6.08 Å². The third kappa shape index (κ3) is 0.779. The molecule has 2 rings (SSSR count). The Labute approximate surface area is 60.5 Å². The summed E-state index contributed by atoms with van der Waals surface area (Å²) >= 11 is 0. The van der Waals surface area contributed by atoms with Gasteiger partial charge in [0.2, 0.25) is 0 Å². The van der Waals surface area contributed by atoms with Gasteiger partial charge in [-0.3, -0.25) is 0 Å². The fraction of sp³-hybridized carbons (Fsp3) is 0.429. The van der Waals surface area contributed by atoms with Crippen LogP contribution in [0.5, 0.6) is 0 Å². The van der Waals surface area contributed by atoms with Crippen molar-refractivity contribution < 1.29 is 9.76 Å². The Hall–Kier alpha value is -0.695. The van der Waals surface area contributed by atoms with Crippen LogP contribution in [0.2, 0.25) is 0 Å². The van der Waals surface area contributed by atoms with Gasteiger partial charge in [-0.15, -0.1) is 0 Å². The molecule has 1 aliphatic heterocycles. The van der Waals surface area contributed by atoms with Crippen molar-refractivity contribution in [3.05, 3.63) is 24.0 Å². The first-order valence-electron chi connectivity index (χ1n) is 3.55. The molecule has 1 N–H and O–H groups in total. The number of aliphatic hydroxyl groups excluding tert-OH is 1. The lowest BCUT2D eigenvalue weighted by molar-refractivity contribution is 0.207. The number of allylic oxidation sites excluding steroid dienone is 3. The summed E-state index contributed by atoms with van der Waals surface area (Å²) in [7, 11) is 0.470. The van der Waals surface area contributed by atoms with Gasteiger partial charge >= 0.3 is 7.48 Å². The highest BCUT2D eigenvalue weighted by Crippen LogP contribution is 2.29. The minimum absolute atomic E-state index is 0.241. The van der Waals surface area contributed by atoms with Crippen LogP contribution in [-0.4, -0.2) is 18.6 Å². The smallest absolute Gasteiger partial charge is 0.369 e. The van der Waals surface area contributed by atoms with Crippen molar-refractivity contribution in [2.75, 3.05) is 0 Å². The van der Waals surface area contributed by atoms with Crippen LogP contribution in [0.3, 0.4) is 0 Å². The number of hydrogen-bond donors (Lipinski definition) is 1. The summed E-state index contributed by atoms with van der Waals surface area (Å²) < 4.78 is 5.23. The van der Waals surface area contributed by atoms with Crippen LogP contribution in [-0.2, 0) is 4.65 Å². The topological polar surface area (TPSA) is 29.5 Å². The Morgan fingerprint density at radius 3 is 3.40 bits per heavy atom. The van der Waals surface area contributed by atoms with E-state index in [1.54, 1.807) is 0 Å². The van der Waals surface area contributed by atoms with E-state index in [-0.39, 0.29) is 11.9 Å². The van der Waals surface area contributed by atoms with E-state index in [4.69, 9.17) is 4.65 Å². The van der Waals surface area contributed by atoms with Gasteiger partial charge in [0, 0.05) is 5.92 Å². The molecule has 0 aromatic rings. The van der Waals surface area contributed by atoms with Crippen LogP contribution in [0.25, 0.3) is 0 Å². The Kier molecular flexibility index (Phi) is 1.31. The molecule has 0 amide bonds. The van der Waals surface area contributed by atoms with Gasteiger partial charge in [0.05, 0.1) is 11.8 Å². The molecule has 2 atom stereocenters. The fourth-order valence-electron chi connectivity index (χ4n) is 1.43. The minimum Gasteiger partial charge on any atom is -0.564 e. The van der Waals surface area contributed by atoms with Crippen LogP contribution >= 0.6 is 0 Å². The standard InChI is InChI=1S/C7H9BO2/c9-7-5-3-1-2-4-6(5)10-8-7/h1-2,4-5,7-9H,3H2. The van der Waals surface area contributed by atoms with E-state index in [0.29, 0.717) is 7.48 Å². The van der Waals surface area contributed by atoms with Crippen molar-refractivity contribution in [1.29, 1.82) is 0 Å². The van der Waals surface area contributed by atoms with Gasteiger partial charge in [-0.2, -0.15) is 0 Å². The molecule has 0 saturated carbocycles. The zero-order valence-corrected chi connectivity index (χ0v) is 5.66. The molecule has 2 nitrogen and oxygen atoms in total. The molecule has 0 aromatic carbocycles. The summed E-state index contributed by atoms with van der Waals surface area (Å²) in [4.78, 5) is 0. The van der Waals surface area contributed by atoms with Crippen LogP contribution < -0.4 is 0 Å². The number of rotatable bonds is 0. The molecular formula is C7H9BO2. The van der Waals surface area contributed by atoms with E-state index in [1.807, 2.05) is 12.2 Å². The lowest BCUT2D eigenvalue weighted by Gasteiger charge is -2.13. The third-order valence-electron chi connectivity index (χ3n) is 2.04. The predicted octanol–water partition coefficient (Wildman–Crippen LogP) is 0.147. The number of fused-ring (bicyclic) bond motifs is 1. The molecule has 10 heavy (non-hydrogen) atoms. The van der Waals surface area contributed by atoms with Gasteiger partial charge in [0.15, 0.2) is 0 Å². The Morgan fingerprint density at radius 2 is 2.60 bits per heavy atom. The quantitative estimate of drug-likeness (QED) is 0.480. The van der Waals surface area contributed by atoms with Gasteiger partial charge < -0.3 is 9.76 Å². The average Bonchev–Trinajstić information content (AvgIpc) is 2.34. The van der Waals surface area contributed by atoms with Gasteiger partial charge in [0.25, 0.3) is 0 Å². The molecule has 1 heterocycles. The van der Waals surface area contributed by atoms with Crippen LogP contribution in [0, 0.1) is 5.92 Å². The maximum absolute atomic E-state index is 9.32. The second-order valence-corrected chi connectivity index (χ2v) is 2.72. The maximum atomic E-state index is 9.32. The molecule has 1 saturated heterocycles. The second-order valence-electron chi connectivity index (χ2n) is 2.72. The van der Waals surface area contributed by atoms with Gasteiger partial charge in [-0.25, -0.2) is 0 Å². The van der Waals surface area contributed by atoms with Crippen molar-refractivity contribution in [2.24, 2.45) is 5.92 Å². The van der Waals surface area contributed by atoms with E-state index >= 15 is 0 Å². The van der Waals surface area contributed by atoms with E-state index in [9.17, 15) is 5.11 Å². The normalized spacial score (nSPS) is 35.9. The van der Waals surface area contributed by atoms with Crippen molar-refractivity contribution in [1.82, 2.24) is 0 Å². The van der Waals surface area contributed by atoms with Crippen LogP contribution in [0.15, 0.2) is 24.0 Å². The zero-order valence-electron chi connectivity index (χ0n) is 5.66. The first kappa shape index (κ1) is 6.04. The maximum Gasteiger partial charge on any atom is 0.369 e. The first-order valence-corrected chi connectivity index (χ1v) is 3.55. The molecule has 52 valence electrons. The van der Waals surface area contributed by atoms with E-state index in [0.717, 1.165) is 12.2 Å². The average molecular weight is 136 g/mol. The van der Waals surface area contributed by atoms with E-state index in [1.165, 1.54) is 0 Å². The molecule has 0 aromatic heterocycles. The summed E-state index contributed by atoms with van der Waals surface area (Å²) in [6.45, 7) is 0. The summed E-state index contributed by atoms with van der Waals surface area (Å²) in [5.74, 6) is 1.19. The Balaban J connectivity index is 2.23. The molecule has 0 bridgehead atoms. The lowest BCUT2D eigenvalue weighted by atomic mass is 9.82. The summed E-state index contributed by atoms with van der Waals surface area (Å²) in [5.41, 5.74) is 0. The SMILES string of the molecule is OC1BOC2=CC=CCC21. The lowest BCUT2D eigenvalue weighted by Crippen LogP contribution is -2.18. The molecule has 0 spiro atoms. The number of aliphatic hydroxyl groups is 1. The molecule has 3 heteroatoms. The molecule has 1 aliphatic carbocycles. The third-order valence-corrected chi connectivity index (χ3v) is 2.04. The molecular weight excluding hydrogens is 127 g/mol. The van der Waals surface area contributed by atoms with Gasteiger partial charge in [0.1, 0.15) is 0 Å². The molecule has 0 radical (unpaired) electrons. The summed E-state index contributed by atoms with van der Waals surface area (Å²) in [6, 6.07) is -0.281. The van der Waals surface area contributed by atoms with Crippen LogP contribution in [0.4, 0.5) is 0 Å². The monoisotopic (exact) mass is 136 g/mol. The predicted molar refractivity (Wildman–Crippen MR) is 39.6 cm³/mol. The Morgan fingerprint density at radius 1 is 1.70 bits per heavy atom. The molecule has 2 aliphatic rings. The minimum atomic E-state index is -0.281. The Bertz CT molecular complexity index is 198. The molecule has 1 fully saturated rings. The largest absolute Gasteiger partial charge is 0.564 e. The van der Waals surface area contributed by atoms with Gasteiger partial charge in [-0.05, 0) is 12.5 Å². The van der Waals surface area contributed by atoms with Crippen molar-refractivity contribution in [2.45, 2.75) is 12.4 Å². The van der Waals surface area contributed by atoms with Crippen molar-refractivity contribution in [3.63, 3.8) is 0 Å². The van der Waals surface area contributed by atoms with Crippen LogP contribution in [0.1, 0.15) is 6.42 Å². The highest BCUT2D eigenvalue weighted by atomic mass is 16.5. The van der Waals surface area contributed by atoms with Crippen molar-refractivity contribution >= 4 is 7.48 Å². The zero-order chi connectivity index (χ0) is 6.97. The van der Waals surface area contributed by atoms with E-state index < -0.39 is 0 Å².